The number of aliphatic hydroxyl groups excluding tert-OH is 1. The Labute approximate surface area is 192 Å². The van der Waals surface area contributed by atoms with Crippen LogP contribution in [0, 0.1) is 6.92 Å². The number of nitrogens with zero attached hydrogens (tertiary/aromatic N) is 1. The first-order valence-corrected chi connectivity index (χ1v) is 11.1. The van der Waals surface area contributed by atoms with Gasteiger partial charge in [-0.15, -0.1) is 0 Å². The highest BCUT2D eigenvalue weighted by atomic mass is 35.5. The van der Waals surface area contributed by atoms with Crippen molar-refractivity contribution >= 4 is 17.5 Å². The number of carbonyl (C=O) groups is 1. The van der Waals surface area contributed by atoms with Crippen molar-refractivity contribution in [1.82, 2.24) is 4.90 Å². The molecule has 5 rings (SSSR count). The van der Waals surface area contributed by atoms with E-state index in [2.05, 4.69) is 0 Å². The minimum absolute atomic E-state index is 0.0846. The number of fused-ring (bicyclic) bond motifs is 1. The molecule has 1 aliphatic heterocycles. The lowest BCUT2D eigenvalue weighted by Gasteiger charge is -2.41. The molecule has 0 bridgehead atoms. The zero-order valence-corrected chi connectivity index (χ0v) is 18.5. The van der Waals surface area contributed by atoms with Gasteiger partial charge in [0.05, 0.1) is 12.2 Å². The Morgan fingerprint density at radius 1 is 1.03 bits per heavy atom. The zero-order chi connectivity index (χ0) is 22.3. The first-order chi connectivity index (χ1) is 15.5. The third kappa shape index (κ3) is 3.55. The van der Waals surface area contributed by atoms with Crippen LogP contribution in [0.2, 0.25) is 5.02 Å². The van der Waals surface area contributed by atoms with Crippen LogP contribution in [0.4, 0.5) is 0 Å². The van der Waals surface area contributed by atoms with Crippen molar-refractivity contribution in [1.29, 1.82) is 0 Å². The maximum Gasteiger partial charge on any atom is 0.257 e. The second-order valence-corrected chi connectivity index (χ2v) is 8.85. The molecule has 4 nitrogen and oxygen atoms in total. The highest BCUT2D eigenvalue weighted by Crippen LogP contribution is 2.47. The zero-order valence-electron chi connectivity index (χ0n) is 17.7. The summed E-state index contributed by atoms with van der Waals surface area (Å²) in [6, 6.07) is 23.2. The number of ether oxygens (including phenoxy) is 1. The van der Waals surface area contributed by atoms with Crippen LogP contribution in [-0.2, 0) is 17.0 Å². The second kappa shape index (κ2) is 8.21. The van der Waals surface area contributed by atoms with Gasteiger partial charge in [-0.1, -0.05) is 83.9 Å². The fourth-order valence-electron chi connectivity index (χ4n) is 4.59. The minimum atomic E-state index is -1.14. The van der Waals surface area contributed by atoms with Crippen molar-refractivity contribution in [2.75, 3.05) is 0 Å². The molecule has 5 heteroatoms. The largest absolute Gasteiger partial charge is 0.389 e. The number of rotatable bonds is 5. The summed E-state index contributed by atoms with van der Waals surface area (Å²) in [5.74, 6) is -0.0846. The van der Waals surface area contributed by atoms with Gasteiger partial charge in [-0.3, -0.25) is 9.69 Å². The number of carbonyl (C=O) groups excluding carboxylic acids is 1. The number of amides is 1. The van der Waals surface area contributed by atoms with E-state index in [-0.39, 0.29) is 12.0 Å². The van der Waals surface area contributed by atoms with Gasteiger partial charge in [-0.25, -0.2) is 0 Å². The van der Waals surface area contributed by atoms with Gasteiger partial charge in [0.25, 0.3) is 5.91 Å². The van der Waals surface area contributed by atoms with Crippen molar-refractivity contribution in [3.8, 4) is 0 Å². The van der Waals surface area contributed by atoms with Crippen molar-refractivity contribution in [2.45, 2.75) is 37.8 Å². The fraction of sp³-hybridized carbons (Fsp3) is 0.222. The molecule has 32 heavy (non-hydrogen) atoms. The van der Waals surface area contributed by atoms with E-state index in [1.165, 1.54) is 0 Å². The second-order valence-electron chi connectivity index (χ2n) is 8.42. The quantitative estimate of drug-likeness (QED) is 0.548. The number of hydrogen-bond acceptors (Lipinski definition) is 3. The van der Waals surface area contributed by atoms with Gasteiger partial charge < -0.3 is 9.84 Å². The average Bonchev–Trinajstić information content (AvgIpc) is 3.31. The highest BCUT2D eigenvalue weighted by Gasteiger charge is 2.53. The Bertz CT molecular complexity index is 1170. The third-order valence-corrected chi connectivity index (χ3v) is 6.44. The lowest BCUT2D eigenvalue weighted by molar-refractivity contribution is -0.137. The Balaban J connectivity index is 1.68. The number of halogens is 1. The topological polar surface area (TPSA) is 49.8 Å². The molecular weight excluding hydrogens is 422 g/mol. The van der Waals surface area contributed by atoms with E-state index < -0.39 is 11.8 Å². The van der Waals surface area contributed by atoms with E-state index in [9.17, 15) is 9.90 Å². The lowest BCUT2D eigenvalue weighted by Crippen LogP contribution is -2.48. The number of aliphatic hydroxyl groups is 1. The molecule has 1 aliphatic carbocycles. The van der Waals surface area contributed by atoms with Gasteiger partial charge >= 0.3 is 0 Å². The average molecular weight is 446 g/mol. The summed E-state index contributed by atoms with van der Waals surface area (Å²) in [6.07, 6.45) is 3.18. The lowest BCUT2D eigenvalue weighted by atomic mass is 9.92. The summed E-state index contributed by atoms with van der Waals surface area (Å²) < 4.78 is 6.78. The van der Waals surface area contributed by atoms with Crippen LogP contribution >= 0.6 is 11.6 Å². The third-order valence-electron chi connectivity index (χ3n) is 6.19. The van der Waals surface area contributed by atoms with Crippen LogP contribution < -0.4 is 0 Å². The van der Waals surface area contributed by atoms with Crippen LogP contribution in [-0.4, -0.2) is 28.1 Å². The smallest absolute Gasteiger partial charge is 0.257 e. The molecule has 3 unspecified atom stereocenters. The summed E-state index contributed by atoms with van der Waals surface area (Å²) in [7, 11) is 0. The molecule has 3 aromatic carbocycles. The number of aryl methyl sites for hydroxylation is 1. The summed E-state index contributed by atoms with van der Waals surface area (Å²) in [5, 5.41) is 10.7. The van der Waals surface area contributed by atoms with E-state index in [1.54, 1.807) is 11.0 Å². The molecule has 0 saturated heterocycles. The Hall–Kier alpha value is -2.92. The van der Waals surface area contributed by atoms with Gasteiger partial charge in [-0.2, -0.15) is 0 Å². The van der Waals surface area contributed by atoms with Crippen molar-refractivity contribution in [2.24, 2.45) is 0 Å². The van der Waals surface area contributed by atoms with Crippen LogP contribution in [0.25, 0.3) is 0 Å². The van der Waals surface area contributed by atoms with Gasteiger partial charge in [0.1, 0.15) is 0 Å². The molecule has 0 saturated carbocycles. The monoisotopic (exact) mass is 445 g/mol. The number of hydrogen-bond donors (Lipinski definition) is 1. The molecule has 0 fully saturated rings. The predicted octanol–water partition coefficient (Wildman–Crippen LogP) is 5.21. The first kappa shape index (κ1) is 21.0. The molecule has 1 heterocycles. The van der Waals surface area contributed by atoms with Gasteiger partial charge in [0.2, 0.25) is 0 Å². The van der Waals surface area contributed by atoms with E-state index in [0.717, 1.165) is 22.3 Å². The molecule has 1 amide bonds. The summed E-state index contributed by atoms with van der Waals surface area (Å²) in [4.78, 5) is 15.5. The van der Waals surface area contributed by atoms with Crippen LogP contribution in [0.5, 0.6) is 0 Å². The molecule has 162 valence electrons. The SMILES string of the molecule is Cc1ccc(CN2C(=O)c3ccccc3C2(OC2C=CC(O)C2)c2ccc(Cl)cc2)cc1. The standard InChI is InChI=1S/C27H24ClNO3/c1-18-6-8-19(9-7-18)17-29-26(31)24-4-2-3-5-25(24)27(29,20-10-12-21(28)13-11-20)32-23-15-14-22(30)16-23/h2-15,22-23,30H,16-17H2,1H3. The van der Waals surface area contributed by atoms with E-state index in [4.69, 9.17) is 16.3 Å². The molecule has 0 aromatic heterocycles. The molecule has 0 radical (unpaired) electrons. The molecule has 0 spiro atoms. The van der Waals surface area contributed by atoms with Crippen LogP contribution in [0.3, 0.4) is 0 Å². The normalized spacial score (nSPS) is 24.2. The molecule has 3 atom stereocenters. The minimum Gasteiger partial charge on any atom is -0.389 e. The molecular formula is C27H24ClNO3. The van der Waals surface area contributed by atoms with E-state index in [0.29, 0.717) is 23.6 Å². The summed E-state index contributed by atoms with van der Waals surface area (Å²) >= 11 is 6.20. The molecule has 2 aliphatic rings. The Morgan fingerprint density at radius 3 is 2.44 bits per heavy atom. The molecule has 1 N–H and O–H groups in total. The maximum absolute atomic E-state index is 13.7. The predicted molar refractivity (Wildman–Crippen MR) is 124 cm³/mol. The van der Waals surface area contributed by atoms with E-state index in [1.807, 2.05) is 85.8 Å². The van der Waals surface area contributed by atoms with Crippen molar-refractivity contribution in [3.05, 3.63) is 118 Å². The van der Waals surface area contributed by atoms with Crippen molar-refractivity contribution < 1.29 is 14.6 Å². The Morgan fingerprint density at radius 2 is 1.75 bits per heavy atom. The van der Waals surface area contributed by atoms with E-state index >= 15 is 0 Å². The highest BCUT2D eigenvalue weighted by molar-refractivity contribution is 6.30. The van der Waals surface area contributed by atoms with Crippen molar-refractivity contribution in [3.63, 3.8) is 0 Å². The van der Waals surface area contributed by atoms with Crippen LogP contribution in [0.1, 0.15) is 39.0 Å². The van der Waals surface area contributed by atoms with Gasteiger partial charge in [0, 0.05) is 34.7 Å². The maximum atomic E-state index is 13.7. The fourth-order valence-corrected chi connectivity index (χ4v) is 4.72. The Kier molecular flexibility index (Phi) is 5.38. The summed E-state index contributed by atoms with van der Waals surface area (Å²) in [6.45, 7) is 2.43. The van der Waals surface area contributed by atoms with Gasteiger partial charge in [-0.05, 0) is 30.7 Å². The van der Waals surface area contributed by atoms with Gasteiger partial charge in [0.15, 0.2) is 5.72 Å². The van der Waals surface area contributed by atoms with Crippen LogP contribution in [0.15, 0.2) is 84.9 Å². The first-order valence-electron chi connectivity index (χ1n) is 10.7. The molecule has 3 aromatic rings. The number of benzene rings is 3. The summed E-state index contributed by atoms with van der Waals surface area (Å²) in [5.41, 5.74) is 3.28.